The Morgan fingerprint density at radius 1 is 1.00 bits per heavy atom. The summed E-state index contributed by atoms with van der Waals surface area (Å²) in [6.07, 6.45) is 3.24. The van der Waals surface area contributed by atoms with E-state index in [2.05, 4.69) is 21.2 Å². The Hall–Kier alpha value is -2.75. The molecule has 2 aliphatic carbocycles. The molecule has 0 unspecified atom stereocenters. The average molecular weight is 487 g/mol. The van der Waals surface area contributed by atoms with Crippen LogP contribution in [0.25, 0.3) is 11.0 Å². The number of hydrogen-bond acceptors (Lipinski definition) is 6. The lowest BCUT2D eigenvalue weighted by molar-refractivity contribution is -0.182. The van der Waals surface area contributed by atoms with Gasteiger partial charge in [-0.15, -0.1) is 0 Å². The van der Waals surface area contributed by atoms with Crippen LogP contribution in [0.5, 0.6) is 0 Å². The quantitative estimate of drug-likeness (QED) is 0.500. The summed E-state index contributed by atoms with van der Waals surface area (Å²) in [6, 6.07) is 4.39. The molecule has 10 heteroatoms. The molecule has 186 valence electrons. The predicted octanol–water partition coefficient (Wildman–Crippen LogP) is 5.28. The van der Waals surface area contributed by atoms with Crippen molar-refractivity contribution in [2.24, 2.45) is 5.92 Å². The van der Waals surface area contributed by atoms with Crippen molar-refractivity contribution in [2.45, 2.75) is 69.7 Å². The normalized spacial score (nSPS) is 25.8. The van der Waals surface area contributed by atoms with Crippen molar-refractivity contribution >= 4 is 17.0 Å². The number of hydrogen-bond donors (Lipinski definition) is 0. The van der Waals surface area contributed by atoms with Gasteiger partial charge in [0.1, 0.15) is 6.10 Å². The van der Waals surface area contributed by atoms with Crippen molar-refractivity contribution in [3.8, 4) is 0 Å². The van der Waals surface area contributed by atoms with Crippen molar-refractivity contribution in [3.63, 3.8) is 0 Å². The van der Waals surface area contributed by atoms with E-state index in [0.717, 1.165) is 22.3 Å². The van der Waals surface area contributed by atoms with Crippen molar-refractivity contribution in [1.29, 1.82) is 0 Å². The number of aryl methyl sites for hydroxylation is 1. The Kier molecular flexibility index (Phi) is 5.66. The zero-order valence-electron chi connectivity index (χ0n) is 19.7. The Morgan fingerprint density at radius 3 is 2.54 bits per heavy atom. The number of fused-ring (bicyclic) bond motifs is 1. The SMILES string of the molecule is Cc1ccc2c(C3CCC(C(F)(F)F)CC3)nc(N3CCO[C@H](c4cnn(C5CC5)c4)C3)nc2n1. The van der Waals surface area contributed by atoms with E-state index in [1.807, 2.05) is 29.9 Å². The summed E-state index contributed by atoms with van der Waals surface area (Å²) in [5.74, 6) is -0.675. The number of alkyl halides is 3. The third kappa shape index (κ3) is 4.60. The monoisotopic (exact) mass is 486 g/mol. The molecule has 0 bridgehead atoms. The molecule has 1 atom stereocenters. The van der Waals surface area contributed by atoms with Crippen LogP contribution in [-0.4, -0.2) is 50.6 Å². The Morgan fingerprint density at radius 2 is 1.80 bits per heavy atom. The summed E-state index contributed by atoms with van der Waals surface area (Å²) in [6.45, 7) is 3.68. The maximum Gasteiger partial charge on any atom is 0.391 e. The first-order valence-electron chi connectivity index (χ1n) is 12.5. The first-order valence-corrected chi connectivity index (χ1v) is 12.5. The van der Waals surface area contributed by atoms with Gasteiger partial charge in [-0.1, -0.05) is 0 Å². The third-order valence-corrected chi connectivity index (χ3v) is 7.56. The molecule has 0 aromatic carbocycles. The fraction of sp³-hybridized carbons (Fsp3) is 0.600. The molecule has 0 amide bonds. The molecule has 2 saturated carbocycles. The molecule has 1 saturated heterocycles. The van der Waals surface area contributed by atoms with Crippen LogP contribution in [0.2, 0.25) is 0 Å². The van der Waals surface area contributed by atoms with Gasteiger partial charge in [0.2, 0.25) is 5.95 Å². The third-order valence-electron chi connectivity index (χ3n) is 7.56. The minimum atomic E-state index is -4.13. The number of rotatable bonds is 4. The van der Waals surface area contributed by atoms with Gasteiger partial charge >= 0.3 is 6.18 Å². The molecule has 6 rings (SSSR count). The van der Waals surface area contributed by atoms with Gasteiger partial charge in [-0.2, -0.15) is 23.3 Å². The number of aromatic nitrogens is 5. The number of nitrogens with zero attached hydrogens (tertiary/aromatic N) is 6. The molecule has 0 radical (unpaired) electrons. The molecule has 3 aliphatic rings. The minimum absolute atomic E-state index is 0.0315. The van der Waals surface area contributed by atoms with E-state index in [0.29, 0.717) is 50.2 Å². The van der Waals surface area contributed by atoms with Gasteiger partial charge in [0.15, 0.2) is 5.65 Å². The Balaban J connectivity index is 1.29. The van der Waals surface area contributed by atoms with E-state index in [1.165, 1.54) is 12.8 Å². The number of anilines is 1. The lowest BCUT2D eigenvalue weighted by Gasteiger charge is -2.34. The molecular formula is C25H29F3N6O. The minimum Gasteiger partial charge on any atom is -0.370 e. The van der Waals surface area contributed by atoms with Crippen LogP contribution in [0.3, 0.4) is 0 Å². The average Bonchev–Trinajstić information content (AvgIpc) is 3.59. The molecule has 4 heterocycles. The van der Waals surface area contributed by atoms with E-state index < -0.39 is 12.1 Å². The molecule has 7 nitrogen and oxygen atoms in total. The second-order valence-corrected chi connectivity index (χ2v) is 10.1. The van der Waals surface area contributed by atoms with Gasteiger partial charge in [0.25, 0.3) is 0 Å². The second kappa shape index (κ2) is 8.72. The van der Waals surface area contributed by atoms with E-state index >= 15 is 0 Å². The van der Waals surface area contributed by atoms with Gasteiger partial charge in [-0.3, -0.25) is 4.68 Å². The molecule has 1 aliphatic heterocycles. The zero-order valence-corrected chi connectivity index (χ0v) is 19.7. The van der Waals surface area contributed by atoms with Crippen molar-refractivity contribution in [2.75, 3.05) is 24.6 Å². The van der Waals surface area contributed by atoms with Crippen LogP contribution in [0, 0.1) is 12.8 Å². The highest BCUT2D eigenvalue weighted by Crippen LogP contribution is 2.44. The van der Waals surface area contributed by atoms with E-state index in [9.17, 15) is 13.2 Å². The fourth-order valence-corrected chi connectivity index (χ4v) is 5.35. The number of pyridine rings is 1. The topological polar surface area (TPSA) is 69.0 Å². The fourth-order valence-electron chi connectivity index (χ4n) is 5.35. The molecular weight excluding hydrogens is 457 g/mol. The first-order chi connectivity index (χ1) is 16.8. The number of halogens is 3. The van der Waals surface area contributed by atoms with Crippen molar-refractivity contribution < 1.29 is 17.9 Å². The lowest BCUT2D eigenvalue weighted by Crippen LogP contribution is -2.39. The maximum atomic E-state index is 13.2. The number of ether oxygens (including phenoxy) is 1. The highest BCUT2D eigenvalue weighted by molar-refractivity contribution is 5.79. The largest absolute Gasteiger partial charge is 0.391 e. The number of morpholine rings is 1. The molecule has 3 aromatic heterocycles. The highest BCUT2D eigenvalue weighted by atomic mass is 19.4. The van der Waals surface area contributed by atoms with Gasteiger partial charge < -0.3 is 9.64 Å². The van der Waals surface area contributed by atoms with Gasteiger partial charge in [0, 0.05) is 35.3 Å². The summed E-state index contributed by atoms with van der Waals surface area (Å²) in [5, 5.41) is 5.34. The smallest absolute Gasteiger partial charge is 0.370 e. The highest BCUT2D eigenvalue weighted by Gasteiger charge is 2.42. The molecule has 3 fully saturated rings. The van der Waals surface area contributed by atoms with E-state index in [1.54, 1.807) is 0 Å². The molecule has 0 N–H and O–H groups in total. The van der Waals surface area contributed by atoms with E-state index in [4.69, 9.17) is 14.7 Å². The standard InChI is InChI=1S/C25H29F3N6O/c1-15-2-9-20-22(16-3-5-18(6-4-16)25(26,27)28)31-24(32-23(20)30-15)33-10-11-35-21(14-33)17-12-29-34(13-17)19-7-8-19/h2,9,12-13,16,18-19,21H,3-8,10-11,14H2,1H3/t16?,18?,21-/m0/s1. The Labute approximate surface area is 201 Å². The van der Waals surface area contributed by atoms with Crippen molar-refractivity contribution in [3.05, 3.63) is 41.5 Å². The van der Waals surface area contributed by atoms with Crippen LogP contribution in [0.15, 0.2) is 24.5 Å². The summed E-state index contributed by atoms with van der Waals surface area (Å²) in [5.41, 5.74) is 3.32. The zero-order chi connectivity index (χ0) is 24.2. The van der Waals surface area contributed by atoms with Crippen LogP contribution in [0.4, 0.5) is 19.1 Å². The molecule has 3 aromatic rings. The van der Waals surface area contributed by atoms with Crippen LogP contribution >= 0.6 is 0 Å². The molecule has 0 spiro atoms. The summed E-state index contributed by atoms with van der Waals surface area (Å²) < 4.78 is 47.8. The van der Waals surface area contributed by atoms with Crippen LogP contribution in [0.1, 0.15) is 73.5 Å². The van der Waals surface area contributed by atoms with Gasteiger partial charge in [-0.25, -0.2) is 9.97 Å². The van der Waals surface area contributed by atoms with Crippen molar-refractivity contribution in [1.82, 2.24) is 24.7 Å². The molecule has 35 heavy (non-hydrogen) atoms. The van der Waals surface area contributed by atoms with Crippen LogP contribution in [-0.2, 0) is 4.74 Å². The summed E-state index contributed by atoms with van der Waals surface area (Å²) in [7, 11) is 0. The predicted molar refractivity (Wildman–Crippen MR) is 124 cm³/mol. The maximum absolute atomic E-state index is 13.2. The second-order valence-electron chi connectivity index (χ2n) is 10.1. The summed E-state index contributed by atoms with van der Waals surface area (Å²) in [4.78, 5) is 16.5. The van der Waals surface area contributed by atoms with Gasteiger partial charge in [-0.05, 0) is 57.6 Å². The lowest BCUT2D eigenvalue weighted by atomic mass is 9.79. The Bertz CT molecular complexity index is 1220. The van der Waals surface area contributed by atoms with Gasteiger partial charge in [0.05, 0.1) is 37.0 Å². The van der Waals surface area contributed by atoms with Crippen LogP contribution < -0.4 is 4.90 Å². The first kappa shape index (κ1) is 22.7. The summed E-state index contributed by atoms with van der Waals surface area (Å²) >= 11 is 0. The van der Waals surface area contributed by atoms with E-state index in [-0.39, 0.29) is 24.9 Å².